The minimum atomic E-state index is -0.0527. The van der Waals surface area contributed by atoms with Crippen LogP contribution in [0.15, 0.2) is 12.1 Å². The minimum Gasteiger partial charge on any atom is -0.382 e. The number of methoxy groups -OCH3 is 1. The Bertz CT molecular complexity index is 471. The molecule has 1 heterocycles. The number of hydrazine groups is 1. The highest BCUT2D eigenvalue weighted by Crippen LogP contribution is 2.34. The summed E-state index contributed by atoms with van der Waals surface area (Å²) in [4.78, 5) is 11.3. The van der Waals surface area contributed by atoms with Gasteiger partial charge >= 0.3 is 0 Å². The molecule has 0 fully saturated rings. The van der Waals surface area contributed by atoms with Crippen LogP contribution >= 0.6 is 0 Å². The molecular weight excluding hydrogens is 228 g/mol. The van der Waals surface area contributed by atoms with Crippen LogP contribution in [0.25, 0.3) is 0 Å². The van der Waals surface area contributed by atoms with Gasteiger partial charge in [0.1, 0.15) is 0 Å². The summed E-state index contributed by atoms with van der Waals surface area (Å²) in [5.41, 5.74) is 7.79. The van der Waals surface area contributed by atoms with Gasteiger partial charge in [0.15, 0.2) is 0 Å². The van der Waals surface area contributed by atoms with E-state index in [0.29, 0.717) is 6.61 Å². The first-order valence-electron chi connectivity index (χ1n) is 6.18. The van der Waals surface area contributed by atoms with Gasteiger partial charge in [0, 0.05) is 14.0 Å². The molecule has 0 saturated heterocycles. The van der Waals surface area contributed by atoms with Gasteiger partial charge in [-0.05, 0) is 43.0 Å². The lowest BCUT2D eigenvalue weighted by atomic mass is 10.0. The first-order chi connectivity index (χ1) is 8.52. The smallest absolute Gasteiger partial charge is 0.235 e. The number of hydrogen-bond acceptors (Lipinski definition) is 3. The predicted octanol–water partition coefficient (Wildman–Crippen LogP) is 1.73. The number of nitrogens with zero attached hydrogens (tertiary/aromatic N) is 1. The van der Waals surface area contributed by atoms with E-state index in [2.05, 4.69) is 31.4 Å². The van der Waals surface area contributed by atoms with Gasteiger partial charge in [0.05, 0.1) is 18.3 Å². The van der Waals surface area contributed by atoms with Crippen molar-refractivity contribution in [3.8, 4) is 0 Å². The molecule has 1 unspecified atom stereocenters. The number of nitrogens with one attached hydrogen (secondary N) is 1. The highest BCUT2D eigenvalue weighted by molar-refractivity contribution is 5.77. The molecule has 0 aliphatic carbocycles. The zero-order valence-corrected chi connectivity index (χ0v) is 11.4. The lowest BCUT2D eigenvalue weighted by Crippen LogP contribution is -2.47. The molecule has 0 radical (unpaired) electrons. The van der Waals surface area contributed by atoms with Gasteiger partial charge in [0.25, 0.3) is 0 Å². The molecule has 1 aliphatic rings. The third-order valence-electron chi connectivity index (χ3n) is 3.30. The molecule has 1 aliphatic heterocycles. The van der Waals surface area contributed by atoms with E-state index in [1.54, 1.807) is 7.11 Å². The molecule has 18 heavy (non-hydrogen) atoms. The fourth-order valence-corrected chi connectivity index (χ4v) is 2.63. The van der Waals surface area contributed by atoms with Crippen LogP contribution < -0.4 is 10.4 Å². The van der Waals surface area contributed by atoms with Gasteiger partial charge in [-0.15, -0.1) is 0 Å². The van der Waals surface area contributed by atoms with E-state index in [1.807, 2.05) is 5.01 Å². The Morgan fingerprint density at radius 3 is 2.83 bits per heavy atom. The van der Waals surface area contributed by atoms with E-state index in [4.69, 9.17) is 4.74 Å². The Morgan fingerprint density at radius 1 is 1.50 bits per heavy atom. The van der Waals surface area contributed by atoms with Crippen molar-refractivity contribution in [2.75, 3.05) is 18.7 Å². The second kappa shape index (κ2) is 4.98. The Morgan fingerprint density at radius 2 is 2.22 bits per heavy atom. The highest BCUT2D eigenvalue weighted by atomic mass is 16.5. The summed E-state index contributed by atoms with van der Waals surface area (Å²) in [5.74, 6) is -0.0527. The molecule has 0 aromatic heterocycles. The normalized spacial score (nSPS) is 17.8. The molecule has 1 N–H and O–H groups in total. The van der Waals surface area contributed by atoms with Crippen LogP contribution in [0.2, 0.25) is 0 Å². The maximum Gasteiger partial charge on any atom is 0.235 e. The average molecular weight is 248 g/mol. The molecular formula is C14H20N2O2. The summed E-state index contributed by atoms with van der Waals surface area (Å²) < 4.78 is 5.25. The number of ether oxygens (including phenoxy) is 1. The van der Waals surface area contributed by atoms with E-state index >= 15 is 0 Å². The van der Waals surface area contributed by atoms with E-state index in [1.165, 1.54) is 23.6 Å². The number of aryl methyl sites for hydroxylation is 2. The molecule has 0 spiro atoms. The van der Waals surface area contributed by atoms with Crippen molar-refractivity contribution in [2.45, 2.75) is 33.2 Å². The second-order valence-electron chi connectivity index (χ2n) is 4.93. The Kier molecular flexibility index (Phi) is 3.57. The van der Waals surface area contributed by atoms with Crippen LogP contribution in [-0.2, 0) is 16.0 Å². The van der Waals surface area contributed by atoms with Gasteiger partial charge in [-0.3, -0.25) is 15.2 Å². The van der Waals surface area contributed by atoms with Gasteiger partial charge < -0.3 is 4.74 Å². The SMILES string of the molecule is COCC1Cc2c(C)cc(C)cc2N1NC(C)=O. The highest BCUT2D eigenvalue weighted by Gasteiger charge is 2.31. The third-order valence-corrected chi connectivity index (χ3v) is 3.30. The molecule has 1 aromatic rings. The first kappa shape index (κ1) is 12.9. The van der Waals surface area contributed by atoms with Crippen molar-refractivity contribution < 1.29 is 9.53 Å². The number of rotatable bonds is 3. The number of carbonyl (C=O) groups is 1. The lowest BCUT2D eigenvalue weighted by Gasteiger charge is -2.27. The Balaban J connectivity index is 2.38. The molecule has 0 saturated carbocycles. The third kappa shape index (κ3) is 2.34. The molecule has 1 amide bonds. The Labute approximate surface area is 108 Å². The van der Waals surface area contributed by atoms with Crippen LogP contribution in [0.4, 0.5) is 5.69 Å². The molecule has 1 aromatic carbocycles. The molecule has 4 heteroatoms. The van der Waals surface area contributed by atoms with Crippen LogP contribution in [0, 0.1) is 13.8 Å². The standard InChI is InChI=1S/C14H20N2O2/c1-9-5-10(2)13-7-12(8-18-4)16(14(13)6-9)15-11(3)17/h5-6,12H,7-8H2,1-4H3,(H,15,17). The van der Waals surface area contributed by atoms with Gasteiger partial charge in [-0.25, -0.2) is 0 Å². The van der Waals surface area contributed by atoms with E-state index in [9.17, 15) is 4.79 Å². The predicted molar refractivity (Wildman–Crippen MR) is 71.6 cm³/mol. The van der Waals surface area contributed by atoms with Crippen LogP contribution in [0.1, 0.15) is 23.6 Å². The number of carbonyl (C=O) groups excluding carboxylic acids is 1. The van der Waals surface area contributed by atoms with Crippen LogP contribution in [0.3, 0.4) is 0 Å². The van der Waals surface area contributed by atoms with Crippen LogP contribution in [-0.4, -0.2) is 25.7 Å². The number of benzene rings is 1. The number of hydrogen-bond donors (Lipinski definition) is 1. The number of fused-ring (bicyclic) bond motifs is 1. The summed E-state index contributed by atoms with van der Waals surface area (Å²) in [6, 6.07) is 4.47. The maximum atomic E-state index is 11.3. The monoisotopic (exact) mass is 248 g/mol. The summed E-state index contributed by atoms with van der Waals surface area (Å²) in [7, 11) is 1.69. The van der Waals surface area contributed by atoms with E-state index < -0.39 is 0 Å². The summed E-state index contributed by atoms with van der Waals surface area (Å²) in [5, 5.41) is 1.95. The number of amides is 1. The van der Waals surface area contributed by atoms with Crippen molar-refractivity contribution in [1.82, 2.24) is 5.43 Å². The topological polar surface area (TPSA) is 41.6 Å². The average Bonchev–Trinajstić information content (AvgIpc) is 2.58. The fourth-order valence-electron chi connectivity index (χ4n) is 2.63. The van der Waals surface area contributed by atoms with E-state index in [0.717, 1.165) is 12.1 Å². The van der Waals surface area contributed by atoms with Gasteiger partial charge in [-0.1, -0.05) is 6.07 Å². The van der Waals surface area contributed by atoms with Crippen molar-refractivity contribution in [2.24, 2.45) is 0 Å². The number of anilines is 1. The van der Waals surface area contributed by atoms with Crippen molar-refractivity contribution >= 4 is 11.6 Å². The van der Waals surface area contributed by atoms with Crippen LogP contribution in [0.5, 0.6) is 0 Å². The maximum absolute atomic E-state index is 11.3. The largest absolute Gasteiger partial charge is 0.382 e. The molecule has 4 nitrogen and oxygen atoms in total. The summed E-state index contributed by atoms with van der Waals surface area (Å²) >= 11 is 0. The van der Waals surface area contributed by atoms with Gasteiger partial charge in [-0.2, -0.15) is 0 Å². The molecule has 1 atom stereocenters. The molecule has 0 bridgehead atoms. The molecule has 98 valence electrons. The minimum absolute atomic E-state index is 0.0527. The van der Waals surface area contributed by atoms with Crippen molar-refractivity contribution in [3.05, 3.63) is 28.8 Å². The zero-order chi connectivity index (χ0) is 13.3. The molecule has 2 rings (SSSR count). The van der Waals surface area contributed by atoms with E-state index in [-0.39, 0.29) is 11.9 Å². The lowest BCUT2D eigenvalue weighted by molar-refractivity contribution is -0.119. The van der Waals surface area contributed by atoms with Gasteiger partial charge in [0.2, 0.25) is 5.91 Å². The van der Waals surface area contributed by atoms with Crippen molar-refractivity contribution in [3.63, 3.8) is 0 Å². The first-order valence-corrected chi connectivity index (χ1v) is 6.18. The van der Waals surface area contributed by atoms with Crippen molar-refractivity contribution in [1.29, 1.82) is 0 Å². The fraction of sp³-hybridized carbons (Fsp3) is 0.500. The summed E-state index contributed by atoms with van der Waals surface area (Å²) in [6.45, 7) is 6.33. The quantitative estimate of drug-likeness (QED) is 0.885. The Hall–Kier alpha value is -1.55. The zero-order valence-electron chi connectivity index (χ0n) is 11.4. The second-order valence-corrected chi connectivity index (χ2v) is 4.93. The summed E-state index contributed by atoms with van der Waals surface area (Å²) in [6.07, 6.45) is 0.912.